The smallest absolute Gasteiger partial charge is 0.242 e. The van der Waals surface area contributed by atoms with Crippen molar-refractivity contribution in [3.05, 3.63) is 24.3 Å². The molecule has 0 aliphatic heterocycles. The van der Waals surface area contributed by atoms with E-state index in [2.05, 4.69) is 28.9 Å². The number of hydrogen-bond donors (Lipinski definition) is 3. The summed E-state index contributed by atoms with van der Waals surface area (Å²) in [6, 6.07) is 6.56. The van der Waals surface area contributed by atoms with E-state index < -0.39 is 10.0 Å². The number of likely N-dealkylation sites (N-methyl/N-ethyl adjacent to an activating group) is 1. The molecule has 20 heavy (non-hydrogen) atoms. The molecule has 0 saturated carbocycles. The van der Waals surface area contributed by atoms with E-state index in [1.54, 1.807) is 18.2 Å². The van der Waals surface area contributed by atoms with Gasteiger partial charge in [-0.1, -0.05) is 26.0 Å². The summed E-state index contributed by atoms with van der Waals surface area (Å²) in [4.78, 5) is 2.37. The number of para-hydroxylation sites is 1. The lowest BCUT2D eigenvalue weighted by molar-refractivity contribution is 0.293. The summed E-state index contributed by atoms with van der Waals surface area (Å²) < 4.78 is 27.0. The van der Waals surface area contributed by atoms with Crippen molar-refractivity contribution in [2.45, 2.75) is 25.2 Å². The molecule has 4 N–H and O–H groups in total. The summed E-state index contributed by atoms with van der Waals surface area (Å²) in [6.45, 7) is 7.14. The van der Waals surface area contributed by atoms with Gasteiger partial charge in [0.2, 0.25) is 10.0 Å². The Balaban J connectivity index is 2.66. The standard InChI is InChI=1S/C13H24N4O2S/c1-3-10-17(4-2)11-9-15-20(18,19)13-8-6-5-7-12(13)16-14/h5-8,15-16H,3-4,9-11,14H2,1-2H3. The average molecular weight is 300 g/mol. The van der Waals surface area contributed by atoms with Crippen molar-refractivity contribution in [3.63, 3.8) is 0 Å². The molecule has 0 radical (unpaired) electrons. The van der Waals surface area contributed by atoms with Crippen LogP contribution in [0.2, 0.25) is 0 Å². The number of hydrazine groups is 1. The summed E-state index contributed by atoms with van der Waals surface area (Å²) in [6.07, 6.45) is 1.06. The van der Waals surface area contributed by atoms with E-state index in [1.165, 1.54) is 6.07 Å². The molecular weight excluding hydrogens is 276 g/mol. The lowest BCUT2D eigenvalue weighted by Gasteiger charge is -2.19. The molecule has 0 heterocycles. The molecule has 0 amide bonds. The fraction of sp³-hybridized carbons (Fsp3) is 0.538. The minimum atomic E-state index is -3.54. The summed E-state index contributed by atoms with van der Waals surface area (Å²) in [5.74, 6) is 5.33. The summed E-state index contributed by atoms with van der Waals surface area (Å²) in [5, 5.41) is 0. The second kappa shape index (κ2) is 8.21. The van der Waals surface area contributed by atoms with Gasteiger partial charge in [-0.05, 0) is 31.6 Å². The molecule has 0 fully saturated rings. The van der Waals surface area contributed by atoms with Gasteiger partial charge in [0.05, 0.1) is 5.69 Å². The highest BCUT2D eigenvalue weighted by Gasteiger charge is 2.17. The number of rotatable bonds is 9. The van der Waals surface area contributed by atoms with Gasteiger partial charge in [-0.2, -0.15) is 0 Å². The Morgan fingerprint density at radius 3 is 2.50 bits per heavy atom. The van der Waals surface area contributed by atoms with Gasteiger partial charge in [-0.3, -0.25) is 5.84 Å². The third kappa shape index (κ3) is 4.75. The van der Waals surface area contributed by atoms with Crippen LogP contribution in [0.4, 0.5) is 5.69 Å². The van der Waals surface area contributed by atoms with Crippen LogP contribution < -0.4 is 16.0 Å². The molecule has 0 aliphatic rings. The van der Waals surface area contributed by atoms with Crippen LogP contribution in [0.1, 0.15) is 20.3 Å². The number of nitrogens with zero attached hydrogens (tertiary/aromatic N) is 1. The minimum absolute atomic E-state index is 0.168. The quantitative estimate of drug-likeness (QED) is 0.467. The van der Waals surface area contributed by atoms with Crippen molar-refractivity contribution in [1.82, 2.24) is 9.62 Å². The largest absolute Gasteiger partial charge is 0.323 e. The number of nitrogens with one attached hydrogen (secondary N) is 2. The van der Waals surface area contributed by atoms with Gasteiger partial charge in [0.15, 0.2) is 0 Å². The van der Waals surface area contributed by atoms with Gasteiger partial charge >= 0.3 is 0 Å². The molecule has 1 rings (SSSR count). The molecule has 0 aliphatic carbocycles. The van der Waals surface area contributed by atoms with E-state index >= 15 is 0 Å². The van der Waals surface area contributed by atoms with E-state index in [0.717, 1.165) is 19.5 Å². The zero-order valence-electron chi connectivity index (χ0n) is 12.1. The lowest BCUT2D eigenvalue weighted by atomic mass is 10.3. The summed E-state index contributed by atoms with van der Waals surface area (Å²) >= 11 is 0. The second-order valence-electron chi connectivity index (χ2n) is 4.47. The molecule has 0 aromatic heterocycles. The Morgan fingerprint density at radius 1 is 1.20 bits per heavy atom. The zero-order chi connectivity index (χ0) is 15.0. The van der Waals surface area contributed by atoms with Crippen molar-refractivity contribution < 1.29 is 8.42 Å². The highest BCUT2D eigenvalue weighted by Crippen LogP contribution is 2.18. The van der Waals surface area contributed by atoms with Crippen LogP contribution in [-0.4, -0.2) is 39.5 Å². The molecule has 0 atom stereocenters. The van der Waals surface area contributed by atoms with Crippen LogP contribution in [0.5, 0.6) is 0 Å². The number of nitrogen functional groups attached to an aromatic ring is 1. The molecule has 114 valence electrons. The van der Waals surface area contributed by atoms with Crippen LogP contribution in [-0.2, 0) is 10.0 Å². The van der Waals surface area contributed by atoms with E-state index in [0.29, 0.717) is 18.8 Å². The summed E-state index contributed by atoms with van der Waals surface area (Å²) in [7, 11) is -3.54. The molecular formula is C13H24N4O2S. The SMILES string of the molecule is CCCN(CC)CCNS(=O)(=O)c1ccccc1NN. The average Bonchev–Trinajstić information content (AvgIpc) is 2.46. The first-order chi connectivity index (χ1) is 9.55. The van der Waals surface area contributed by atoms with Crippen molar-refractivity contribution in [2.24, 2.45) is 5.84 Å². The van der Waals surface area contributed by atoms with Crippen LogP contribution in [0.25, 0.3) is 0 Å². The van der Waals surface area contributed by atoms with Crippen LogP contribution in [0.15, 0.2) is 29.2 Å². The molecule has 0 unspecified atom stereocenters. The van der Waals surface area contributed by atoms with E-state index in [-0.39, 0.29) is 4.90 Å². The fourth-order valence-corrected chi connectivity index (χ4v) is 3.17. The van der Waals surface area contributed by atoms with Crippen LogP contribution in [0, 0.1) is 0 Å². The van der Waals surface area contributed by atoms with Crippen molar-refractivity contribution in [1.29, 1.82) is 0 Å². The minimum Gasteiger partial charge on any atom is -0.323 e. The highest BCUT2D eigenvalue weighted by atomic mass is 32.2. The third-order valence-electron chi connectivity index (χ3n) is 3.04. The third-order valence-corrected chi connectivity index (χ3v) is 4.56. The predicted molar refractivity (Wildman–Crippen MR) is 81.8 cm³/mol. The Labute approximate surface area is 121 Å². The van der Waals surface area contributed by atoms with Gasteiger partial charge in [-0.15, -0.1) is 0 Å². The Bertz CT molecular complexity index is 505. The van der Waals surface area contributed by atoms with E-state index in [1.807, 2.05) is 0 Å². The first kappa shape index (κ1) is 16.9. The number of anilines is 1. The Hall–Kier alpha value is -1.15. The normalized spacial score (nSPS) is 11.8. The maximum absolute atomic E-state index is 12.2. The van der Waals surface area contributed by atoms with Crippen LogP contribution >= 0.6 is 0 Å². The van der Waals surface area contributed by atoms with Gasteiger partial charge < -0.3 is 10.3 Å². The van der Waals surface area contributed by atoms with E-state index in [9.17, 15) is 8.42 Å². The maximum Gasteiger partial charge on any atom is 0.242 e. The highest BCUT2D eigenvalue weighted by molar-refractivity contribution is 7.89. The van der Waals surface area contributed by atoms with Gasteiger partial charge in [0, 0.05) is 13.1 Å². The lowest BCUT2D eigenvalue weighted by Crippen LogP contribution is -2.35. The number of hydrogen-bond acceptors (Lipinski definition) is 5. The molecule has 7 heteroatoms. The predicted octanol–water partition coefficient (Wildman–Crippen LogP) is 0.982. The van der Waals surface area contributed by atoms with Crippen LogP contribution in [0.3, 0.4) is 0 Å². The molecule has 0 spiro atoms. The second-order valence-corrected chi connectivity index (χ2v) is 6.21. The maximum atomic E-state index is 12.2. The fourth-order valence-electron chi connectivity index (χ4n) is 1.98. The summed E-state index contributed by atoms with van der Waals surface area (Å²) in [5.41, 5.74) is 2.79. The molecule has 1 aromatic rings. The number of sulfonamides is 1. The van der Waals surface area contributed by atoms with Gasteiger partial charge in [0.1, 0.15) is 4.90 Å². The zero-order valence-corrected chi connectivity index (χ0v) is 12.9. The van der Waals surface area contributed by atoms with Gasteiger partial charge in [-0.25, -0.2) is 13.1 Å². The van der Waals surface area contributed by atoms with E-state index in [4.69, 9.17) is 5.84 Å². The topological polar surface area (TPSA) is 87.5 Å². The first-order valence-corrected chi connectivity index (χ1v) is 8.31. The molecule has 0 bridgehead atoms. The monoisotopic (exact) mass is 300 g/mol. The van der Waals surface area contributed by atoms with Crippen molar-refractivity contribution in [3.8, 4) is 0 Å². The van der Waals surface area contributed by atoms with Crippen molar-refractivity contribution >= 4 is 15.7 Å². The Morgan fingerprint density at radius 2 is 1.90 bits per heavy atom. The molecule has 0 saturated heterocycles. The van der Waals surface area contributed by atoms with Crippen molar-refractivity contribution in [2.75, 3.05) is 31.6 Å². The number of benzene rings is 1. The Kier molecular flexibility index (Phi) is 6.94. The molecule has 1 aromatic carbocycles. The first-order valence-electron chi connectivity index (χ1n) is 6.82. The molecule has 6 nitrogen and oxygen atoms in total. The number of nitrogens with two attached hydrogens (primary N) is 1. The van der Waals surface area contributed by atoms with Gasteiger partial charge in [0.25, 0.3) is 0 Å².